The largest absolute Gasteiger partial charge is 0.422 e. The van der Waals surface area contributed by atoms with E-state index in [1.807, 2.05) is 0 Å². The van der Waals surface area contributed by atoms with E-state index in [0.29, 0.717) is 7.11 Å². The van der Waals surface area contributed by atoms with Crippen LogP contribution in [0.2, 0.25) is 0 Å². The molecule has 3 unspecified atom stereocenters. The van der Waals surface area contributed by atoms with E-state index in [9.17, 15) is 49.0 Å². The molecule has 0 aliphatic carbocycles. The standard InChI is InChI=1S/C16H16F10O2/c1-14(2,3)13(27)7(16(24,25)26)12(28-4)5-8(17)10(19)6(15(21,22)23)11(20)9(5)18/h7,12-13,27H,1-4H3. The highest BCUT2D eigenvalue weighted by Crippen LogP contribution is 2.47. The molecule has 0 saturated carbocycles. The molecule has 0 heterocycles. The molecule has 162 valence electrons. The molecule has 1 rings (SSSR count). The van der Waals surface area contributed by atoms with E-state index in [1.54, 1.807) is 0 Å². The Bertz CT molecular complexity index is 689. The second kappa shape index (κ2) is 7.69. The average molecular weight is 430 g/mol. The lowest BCUT2D eigenvalue weighted by atomic mass is 9.76. The van der Waals surface area contributed by atoms with Crippen molar-refractivity contribution in [3.05, 3.63) is 34.4 Å². The molecule has 0 radical (unpaired) electrons. The van der Waals surface area contributed by atoms with Crippen LogP contribution in [0.4, 0.5) is 43.9 Å². The Kier molecular flexibility index (Phi) is 6.73. The normalized spacial score (nSPS) is 16.8. The molecule has 3 atom stereocenters. The molecule has 0 fully saturated rings. The zero-order valence-electron chi connectivity index (χ0n) is 14.9. The fourth-order valence-electron chi connectivity index (χ4n) is 2.65. The van der Waals surface area contributed by atoms with Gasteiger partial charge >= 0.3 is 12.4 Å². The highest BCUT2D eigenvalue weighted by atomic mass is 19.4. The summed E-state index contributed by atoms with van der Waals surface area (Å²) in [4.78, 5) is 0. The molecule has 0 saturated heterocycles. The Balaban J connectivity index is 3.84. The lowest BCUT2D eigenvalue weighted by molar-refractivity contribution is -0.245. The second-order valence-electron chi connectivity index (χ2n) is 7.08. The summed E-state index contributed by atoms with van der Waals surface area (Å²) in [6.45, 7) is 3.39. The second-order valence-corrected chi connectivity index (χ2v) is 7.08. The predicted octanol–water partition coefficient (Wildman–Crippen LogP) is 5.53. The molecule has 0 aromatic heterocycles. The van der Waals surface area contributed by atoms with Gasteiger partial charge in [-0.3, -0.25) is 0 Å². The lowest BCUT2D eigenvalue weighted by Gasteiger charge is -2.38. The van der Waals surface area contributed by atoms with Gasteiger partial charge in [-0.2, -0.15) is 26.3 Å². The van der Waals surface area contributed by atoms with Crippen molar-refractivity contribution in [2.75, 3.05) is 7.11 Å². The molecular weight excluding hydrogens is 414 g/mol. The number of rotatable bonds is 4. The van der Waals surface area contributed by atoms with Gasteiger partial charge in [0.25, 0.3) is 0 Å². The summed E-state index contributed by atoms with van der Waals surface area (Å²) in [5.74, 6) is -14.4. The summed E-state index contributed by atoms with van der Waals surface area (Å²) in [6.07, 6.45) is -16.5. The van der Waals surface area contributed by atoms with E-state index in [4.69, 9.17) is 0 Å². The summed E-state index contributed by atoms with van der Waals surface area (Å²) >= 11 is 0. The van der Waals surface area contributed by atoms with Crippen molar-refractivity contribution in [3.8, 4) is 0 Å². The molecule has 0 bridgehead atoms. The maximum Gasteiger partial charge on any atom is 0.422 e. The molecule has 28 heavy (non-hydrogen) atoms. The van der Waals surface area contributed by atoms with Gasteiger partial charge < -0.3 is 9.84 Å². The van der Waals surface area contributed by atoms with Crippen molar-refractivity contribution in [1.82, 2.24) is 0 Å². The van der Waals surface area contributed by atoms with Crippen LogP contribution in [-0.4, -0.2) is 24.5 Å². The van der Waals surface area contributed by atoms with Gasteiger partial charge in [0.2, 0.25) is 0 Å². The van der Waals surface area contributed by atoms with Crippen LogP contribution < -0.4 is 0 Å². The number of hydrogen-bond donors (Lipinski definition) is 1. The first kappa shape index (κ1) is 24.5. The van der Waals surface area contributed by atoms with E-state index in [0.717, 1.165) is 20.8 Å². The van der Waals surface area contributed by atoms with Crippen LogP contribution in [0.25, 0.3) is 0 Å². The van der Waals surface area contributed by atoms with Crippen molar-refractivity contribution < 1.29 is 53.7 Å². The van der Waals surface area contributed by atoms with Gasteiger partial charge in [0.1, 0.15) is 17.6 Å². The van der Waals surface area contributed by atoms with Crippen molar-refractivity contribution in [1.29, 1.82) is 0 Å². The van der Waals surface area contributed by atoms with Crippen LogP contribution >= 0.6 is 0 Å². The predicted molar refractivity (Wildman–Crippen MR) is 76.0 cm³/mol. The topological polar surface area (TPSA) is 29.5 Å². The van der Waals surface area contributed by atoms with Gasteiger partial charge in [-0.1, -0.05) is 20.8 Å². The van der Waals surface area contributed by atoms with Crippen LogP contribution in [0.5, 0.6) is 0 Å². The number of ether oxygens (including phenoxy) is 1. The minimum atomic E-state index is -5.86. The van der Waals surface area contributed by atoms with Crippen LogP contribution in [0, 0.1) is 34.6 Å². The summed E-state index contributed by atoms with van der Waals surface area (Å²) in [7, 11) is 0.491. The minimum Gasteiger partial charge on any atom is -0.392 e. The number of benzene rings is 1. The van der Waals surface area contributed by atoms with Gasteiger partial charge in [-0.15, -0.1) is 0 Å². The summed E-state index contributed by atoms with van der Waals surface area (Å²) in [5, 5.41) is 10.0. The molecule has 0 spiro atoms. The quantitative estimate of drug-likeness (QED) is 0.503. The third-order valence-electron chi connectivity index (χ3n) is 4.05. The molecule has 1 aromatic rings. The molecular formula is C16H16F10O2. The highest BCUT2D eigenvalue weighted by Gasteiger charge is 2.55. The van der Waals surface area contributed by atoms with E-state index in [2.05, 4.69) is 4.74 Å². The van der Waals surface area contributed by atoms with Gasteiger partial charge in [0.05, 0.1) is 11.7 Å². The Hall–Kier alpha value is -1.56. The smallest absolute Gasteiger partial charge is 0.392 e. The zero-order valence-corrected chi connectivity index (χ0v) is 14.9. The van der Waals surface area contributed by atoms with Crippen molar-refractivity contribution in [2.45, 2.75) is 45.3 Å². The summed E-state index contributed by atoms with van der Waals surface area (Å²) in [5.41, 5.74) is -6.52. The number of aliphatic hydroxyl groups excluding tert-OH is 1. The molecule has 2 nitrogen and oxygen atoms in total. The molecule has 0 aliphatic heterocycles. The first-order valence-electron chi connectivity index (χ1n) is 7.57. The van der Waals surface area contributed by atoms with Crippen molar-refractivity contribution in [2.24, 2.45) is 11.3 Å². The van der Waals surface area contributed by atoms with E-state index < -0.39 is 70.3 Å². The Morgan fingerprint density at radius 3 is 1.43 bits per heavy atom. The average Bonchev–Trinajstić information content (AvgIpc) is 2.48. The summed E-state index contributed by atoms with van der Waals surface area (Å²) in [6, 6.07) is 0. The first-order chi connectivity index (χ1) is 12.4. The van der Waals surface area contributed by atoms with Gasteiger partial charge in [-0.05, 0) is 5.41 Å². The van der Waals surface area contributed by atoms with E-state index in [-0.39, 0.29) is 0 Å². The highest BCUT2D eigenvalue weighted by molar-refractivity contribution is 5.34. The maximum atomic E-state index is 14.2. The van der Waals surface area contributed by atoms with Crippen LogP contribution in [-0.2, 0) is 10.9 Å². The first-order valence-corrected chi connectivity index (χ1v) is 7.57. The van der Waals surface area contributed by atoms with Crippen LogP contribution in [0.1, 0.15) is 38.0 Å². The number of aliphatic hydroxyl groups is 1. The number of halogens is 10. The van der Waals surface area contributed by atoms with Gasteiger partial charge in [-0.25, -0.2) is 17.6 Å². The lowest BCUT2D eigenvalue weighted by Crippen LogP contribution is -2.46. The molecule has 1 N–H and O–H groups in total. The number of alkyl halides is 6. The zero-order chi connectivity index (χ0) is 22.4. The fourth-order valence-corrected chi connectivity index (χ4v) is 2.65. The van der Waals surface area contributed by atoms with Crippen molar-refractivity contribution in [3.63, 3.8) is 0 Å². The molecule has 1 aromatic carbocycles. The third-order valence-corrected chi connectivity index (χ3v) is 4.05. The number of hydrogen-bond acceptors (Lipinski definition) is 2. The third kappa shape index (κ3) is 4.53. The Labute approximate surface area is 153 Å². The minimum absolute atomic E-state index is 0.491. The van der Waals surface area contributed by atoms with Gasteiger partial charge in [0.15, 0.2) is 23.3 Å². The van der Waals surface area contributed by atoms with Crippen LogP contribution in [0.3, 0.4) is 0 Å². The molecule has 0 aliphatic rings. The van der Waals surface area contributed by atoms with Crippen molar-refractivity contribution >= 4 is 0 Å². The fraction of sp³-hybridized carbons (Fsp3) is 0.625. The Morgan fingerprint density at radius 1 is 0.786 bits per heavy atom. The van der Waals surface area contributed by atoms with Gasteiger partial charge in [0, 0.05) is 7.11 Å². The van der Waals surface area contributed by atoms with Crippen LogP contribution in [0.15, 0.2) is 0 Å². The Morgan fingerprint density at radius 2 is 1.18 bits per heavy atom. The molecule has 12 heteroatoms. The van der Waals surface area contributed by atoms with E-state index in [1.165, 1.54) is 0 Å². The SMILES string of the molecule is COC(c1c(F)c(F)c(C(F)(F)F)c(F)c1F)C(C(O)C(C)(C)C)C(F)(F)F. The monoisotopic (exact) mass is 430 g/mol. The molecule has 0 amide bonds. The van der Waals surface area contributed by atoms with E-state index >= 15 is 0 Å². The number of methoxy groups -OCH3 is 1. The summed E-state index contributed by atoms with van der Waals surface area (Å²) < 4.78 is 139. The maximum absolute atomic E-state index is 14.2.